The molecule has 3 rings (SSSR count). The molecule has 0 bridgehead atoms. The molecule has 1 N–H and O–H groups in total. The maximum atomic E-state index is 12.8. The molecule has 1 aliphatic carbocycles. The van der Waals surface area contributed by atoms with Gasteiger partial charge in [0.1, 0.15) is 0 Å². The van der Waals surface area contributed by atoms with Crippen molar-refractivity contribution in [2.24, 2.45) is 5.92 Å². The number of alkyl halides is 3. The number of fused-ring (bicyclic) bond motifs is 1. The van der Waals surface area contributed by atoms with Crippen molar-refractivity contribution >= 4 is 5.91 Å². The Morgan fingerprint density at radius 3 is 2.65 bits per heavy atom. The summed E-state index contributed by atoms with van der Waals surface area (Å²) in [7, 11) is 1.55. The summed E-state index contributed by atoms with van der Waals surface area (Å²) in [5.74, 6) is 0.211. The molecule has 0 radical (unpaired) electrons. The van der Waals surface area contributed by atoms with Crippen LogP contribution in [0.5, 0.6) is 0 Å². The van der Waals surface area contributed by atoms with Crippen molar-refractivity contribution in [3.05, 3.63) is 35.4 Å². The summed E-state index contributed by atoms with van der Waals surface area (Å²) in [6, 6.07) is 5.11. The van der Waals surface area contributed by atoms with Crippen LogP contribution in [0, 0.1) is 5.92 Å². The fraction of sp³-hybridized carbons (Fsp3) is 0.632. The monoisotopic (exact) mass is 371 g/mol. The molecule has 2 fully saturated rings. The molecule has 1 aliphatic heterocycles. The predicted molar refractivity (Wildman–Crippen MR) is 89.4 cm³/mol. The molecule has 1 amide bonds. The average molecular weight is 371 g/mol. The van der Waals surface area contributed by atoms with Crippen LogP contribution in [0.2, 0.25) is 0 Å². The molecule has 1 saturated carbocycles. The second kappa shape index (κ2) is 7.96. The standard InChI is InChI=1S/C19H24F3NO3/c1-25-10-9-18(24)23-15-11-17(26-16-4-2-3-14(15)16)12-5-7-13(8-6-12)19(20,21)22/h5-8,14-17H,2-4,9-11H2,1H3,(H,23,24)/t14-,15+,16+,17+/m0/s1. The van der Waals surface area contributed by atoms with Gasteiger partial charge in [-0.3, -0.25) is 4.79 Å². The fourth-order valence-corrected chi connectivity index (χ4v) is 4.00. The summed E-state index contributed by atoms with van der Waals surface area (Å²) >= 11 is 0. The summed E-state index contributed by atoms with van der Waals surface area (Å²) < 4.78 is 49.4. The molecule has 144 valence electrons. The van der Waals surface area contributed by atoms with E-state index in [-0.39, 0.29) is 30.1 Å². The van der Waals surface area contributed by atoms with E-state index < -0.39 is 11.7 Å². The Bertz CT molecular complexity index is 617. The first-order valence-electron chi connectivity index (χ1n) is 8.99. The molecule has 0 unspecified atom stereocenters. The molecule has 1 heterocycles. The first kappa shape index (κ1) is 19.2. The van der Waals surface area contributed by atoms with Gasteiger partial charge in [0, 0.05) is 25.5 Å². The molecule has 4 nitrogen and oxygen atoms in total. The minimum absolute atomic E-state index is 0.0205. The number of methoxy groups -OCH3 is 1. The number of carbonyl (C=O) groups is 1. The van der Waals surface area contributed by atoms with Gasteiger partial charge in [-0.25, -0.2) is 0 Å². The van der Waals surface area contributed by atoms with Crippen LogP contribution in [-0.4, -0.2) is 31.8 Å². The van der Waals surface area contributed by atoms with Crippen molar-refractivity contribution in [3.8, 4) is 0 Å². The van der Waals surface area contributed by atoms with Crippen LogP contribution in [0.4, 0.5) is 13.2 Å². The van der Waals surface area contributed by atoms with E-state index in [4.69, 9.17) is 9.47 Å². The Labute approximate surface area is 151 Å². The Morgan fingerprint density at radius 2 is 2.00 bits per heavy atom. The molecule has 1 aromatic carbocycles. The Hall–Kier alpha value is -1.60. The highest BCUT2D eigenvalue weighted by atomic mass is 19.4. The van der Waals surface area contributed by atoms with Gasteiger partial charge in [0.2, 0.25) is 5.91 Å². The minimum atomic E-state index is -4.35. The van der Waals surface area contributed by atoms with Gasteiger partial charge in [0.25, 0.3) is 0 Å². The van der Waals surface area contributed by atoms with E-state index in [2.05, 4.69) is 5.32 Å². The summed E-state index contributed by atoms with van der Waals surface area (Å²) in [5, 5.41) is 3.08. The van der Waals surface area contributed by atoms with Gasteiger partial charge in [-0.2, -0.15) is 13.2 Å². The van der Waals surface area contributed by atoms with E-state index in [9.17, 15) is 18.0 Å². The van der Waals surface area contributed by atoms with Gasteiger partial charge in [0.05, 0.1) is 24.4 Å². The number of hydrogen-bond donors (Lipinski definition) is 1. The number of amides is 1. The first-order valence-corrected chi connectivity index (χ1v) is 8.99. The molecular weight excluding hydrogens is 347 g/mol. The zero-order chi connectivity index (χ0) is 18.7. The number of ether oxygens (including phenoxy) is 2. The largest absolute Gasteiger partial charge is 0.416 e. The Kier molecular flexibility index (Phi) is 5.87. The van der Waals surface area contributed by atoms with Crippen molar-refractivity contribution in [2.75, 3.05) is 13.7 Å². The maximum Gasteiger partial charge on any atom is 0.416 e. The second-order valence-corrected chi connectivity index (χ2v) is 7.03. The molecule has 2 aliphatic rings. The molecule has 7 heteroatoms. The van der Waals surface area contributed by atoms with Crippen molar-refractivity contribution in [3.63, 3.8) is 0 Å². The molecule has 4 atom stereocenters. The van der Waals surface area contributed by atoms with Gasteiger partial charge >= 0.3 is 6.18 Å². The molecule has 0 aromatic heterocycles. The highest BCUT2D eigenvalue weighted by molar-refractivity contribution is 5.76. The lowest BCUT2D eigenvalue weighted by atomic mass is 9.86. The SMILES string of the molecule is COCCC(=O)N[C@@H]1C[C@H](c2ccc(C(F)(F)F)cc2)O[C@@H]2CCC[C@@H]12. The van der Waals surface area contributed by atoms with Crippen molar-refractivity contribution in [1.29, 1.82) is 0 Å². The van der Waals surface area contributed by atoms with E-state index >= 15 is 0 Å². The van der Waals surface area contributed by atoms with E-state index in [1.807, 2.05) is 0 Å². The van der Waals surface area contributed by atoms with Gasteiger partial charge in [0.15, 0.2) is 0 Å². The molecule has 1 aromatic rings. The minimum Gasteiger partial charge on any atom is -0.384 e. The van der Waals surface area contributed by atoms with Crippen molar-refractivity contribution < 1.29 is 27.4 Å². The highest BCUT2D eigenvalue weighted by Crippen LogP contribution is 2.43. The summed E-state index contributed by atoms with van der Waals surface area (Å²) in [6.07, 6.45) is -0.763. The number of hydrogen-bond acceptors (Lipinski definition) is 3. The molecule has 0 spiro atoms. The molecular formula is C19H24F3NO3. The lowest BCUT2D eigenvalue weighted by molar-refractivity contribution is -0.137. The summed E-state index contributed by atoms with van der Waals surface area (Å²) in [6.45, 7) is 0.367. The van der Waals surface area contributed by atoms with Crippen LogP contribution in [-0.2, 0) is 20.4 Å². The lowest BCUT2D eigenvalue weighted by Gasteiger charge is -2.39. The quantitative estimate of drug-likeness (QED) is 0.855. The normalized spacial score (nSPS) is 28.6. The predicted octanol–water partition coefficient (Wildman–Crippen LogP) is 3.86. The van der Waals surface area contributed by atoms with Crippen LogP contribution in [0.3, 0.4) is 0 Å². The average Bonchev–Trinajstić information content (AvgIpc) is 3.08. The summed E-state index contributed by atoms with van der Waals surface area (Å²) in [5.41, 5.74) is 0.0553. The maximum absolute atomic E-state index is 12.8. The van der Waals surface area contributed by atoms with Gasteiger partial charge in [-0.1, -0.05) is 18.6 Å². The van der Waals surface area contributed by atoms with E-state index in [0.29, 0.717) is 19.4 Å². The van der Waals surface area contributed by atoms with Crippen LogP contribution in [0.15, 0.2) is 24.3 Å². The topological polar surface area (TPSA) is 47.6 Å². The number of halogens is 3. The van der Waals surface area contributed by atoms with Gasteiger partial charge in [-0.15, -0.1) is 0 Å². The zero-order valence-corrected chi connectivity index (χ0v) is 14.7. The smallest absolute Gasteiger partial charge is 0.384 e. The van der Waals surface area contributed by atoms with Crippen LogP contribution in [0.25, 0.3) is 0 Å². The summed E-state index contributed by atoms with van der Waals surface area (Å²) in [4.78, 5) is 12.1. The Balaban J connectivity index is 1.71. The van der Waals surface area contributed by atoms with E-state index in [1.165, 1.54) is 12.1 Å². The zero-order valence-electron chi connectivity index (χ0n) is 14.7. The fourth-order valence-electron chi connectivity index (χ4n) is 4.00. The van der Waals surface area contributed by atoms with Crippen LogP contribution < -0.4 is 5.32 Å². The Morgan fingerprint density at radius 1 is 1.27 bits per heavy atom. The second-order valence-electron chi connectivity index (χ2n) is 7.03. The first-order chi connectivity index (χ1) is 12.4. The van der Waals surface area contributed by atoms with E-state index in [0.717, 1.165) is 37.0 Å². The number of benzene rings is 1. The number of carbonyl (C=O) groups excluding carboxylic acids is 1. The van der Waals surface area contributed by atoms with Gasteiger partial charge < -0.3 is 14.8 Å². The van der Waals surface area contributed by atoms with Crippen molar-refractivity contribution in [1.82, 2.24) is 5.32 Å². The third-order valence-corrected chi connectivity index (χ3v) is 5.32. The molecule has 1 saturated heterocycles. The van der Waals surface area contributed by atoms with Gasteiger partial charge in [-0.05, 0) is 37.0 Å². The highest BCUT2D eigenvalue weighted by Gasteiger charge is 2.42. The van der Waals surface area contributed by atoms with Crippen LogP contribution >= 0.6 is 0 Å². The van der Waals surface area contributed by atoms with E-state index in [1.54, 1.807) is 7.11 Å². The van der Waals surface area contributed by atoms with Crippen LogP contribution in [0.1, 0.15) is 49.3 Å². The number of nitrogens with one attached hydrogen (secondary N) is 1. The third kappa shape index (κ3) is 4.38. The molecule has 26 heavy (non-hydrogen) atoms. The third-order valence-electron chi connectivity index (χ3n) is 5.32. The lowest BCUT2D eigenvalue weighted by Crippen LogP contribution is -2.48. The van der Waals surface area contributed by atoms with Crippen molar-refractivity contribution in [2.45, 2.75) is 56.5 Å². The number of rotatable bonds is 5.